The van der Waals surface area contributed by atoms with E-state index in [0.29, 0.717) is 6.42 Å². The van der Waals surface area contributed by atoms with E-state index in [0.717, 1.165) is 6.26 Å². The van der Waals surface area contributed by atoms with Crippen LogP contribution in [0.5, 0.6) is 0 Å². The molecule has 0 fully saturated rings. The highest BCUT2D eigenvalue weighted by atomic mass is 35.5. The summed E-state index contributed by atoms with van der Waals surface area (Å²) in [5, 5.41) is 2.56. The minimum atomic E-state index is -3.53. The Morgan fingerprint density at radius 3 is 2.39 bits per heavy atom. The van der Waals surface area contributed by atoms with Crippen molar-refractivity contribution in [3.05, 3.63) is 23.8 Å². The van der Waals surface area contributed by atoms with E-state index >= 15 is 0 Å². The van der Waals surface area contributed by atoms with Crippen molar-refractivity contribution in [1.82, 2.24) is 0 Å². The highest BCUT2D eigenvalue weighted by Crippen LogP contribution is 2.20. The molecule has 0 spiro atoms. The summed E-state index contributed by atoms with van der Waals surface area (Å²) < 4.78 is 27.9. The number of nitrogens with two attached hydrogens (primary N) is 1. The second-order valence-electron chi connectivity index (χ2n) is 5.07. The Balaban J connectivity index is 0.00000484. The van der Waals surface area contributed by atoms with Crippen molar-refractivity contribution in [3.8, 4) is 0 Å². The molecule has 1 unspecified atom stereocenters. The third kappa shape index (κ3) is 6.98. The van der Waals surface area contributed by atoms with E-state index in [1.54, 1.807) is 6.92 Å². The zero-order valence-electron chi connectivity index (χ0n) is 13.2. The van der Waals surface area contributed by atoms with Crippen LogP contribution in [0.1, 0.15) is 30.1 Å². The molecule has 0 aliphatic carbocycles. The Bertz CT molecular complexity index is 674. The third-order valence-corrected chi connectivity index (χ3v) is 3.96. The van der Waals surface area contributed by atoms with Gasteiger partial charge in [-0.05, 0) is 31.5 Å². The summed E-state index contributed by atoms with van der Waals surface area (Å²) in [5.41, 5.74) is 5.85. The highest BCUT2D eigenvalue weighted by Gasteiger charge is 2.15. The van der Waals surface area contributed by atoms with E-state index < -0.39 is 15.8 Å². The molecule has 1 atom stereocenters. The average Bonchev–Trinajstić information content (AvgIpc) is 2.43. The van der Waals surface area contributed by atoms with Crippen molar-refractivity contribution in [2.75, 3.05) is 18.7 Å². The molecule has 0 aliphatic heterocycles. The van der Waals surface area contributed by atoms with Gasteiger partial charge in [0, 0.05) is 24.4 Å². The normalized spacial score (nSPS) is 12.0. The van der Waals surface area contributed by atoms with Crippen LogP contribution >= 0.6 is 12.4 Å². The van der Waals surface area contributed by atoms with Gasteiger partial charge >= 0.3 is 5.97 Å². The number of anilines is 1. The highest BCUT2D eigenvalue weighted by molar-refractivity contribution is 7.90. The molecule has 0 heterocycles. The van der Waals surface area contributed by atoms with Gasteiger partial charge in [0.1, 0.15) is 0 Å². The van der Waals surface area contributed by atoms with E-state index in [2.05, 4.69) is 10.1 Å². The molecule has 130 valence electrons. The summed E-state index contributed by atoms with van der Waals surface area (Å²) in [6.07, 6.45) is 1.72. The number of carbonyl (C=O) groups is 2. The van der Waals surface area contributed by atoms with Crippen molar-refractivity contribution in [2.45, 2.75) is 30.7 Å². The fraction of sp³-hybridized carbons (Fsp3) is 0.429. The molecule has 3 N–H and O–H groups in total. The smallest absolute Gasteiger partial charge is 0.337 e. The summed E-state index contributed by atoms with van der Waals surface area (Å²) in [7, 11) is -2.34. The standard InChI is InChI=1S/C14H20N2O5S.ClH/c1-9(15)4-5-13(17)16-11-6-10(14(18)21-2)7-12(8-11)22(3,19)20;/h6-9H,4-5,15H2,1-3H3,(H,16,17);1H. The zero-order chi connectivity index (χ0) is 16.9. The van der Waals surface area contributed by atoms with E-state index in [1.165, 1.54) is 25.3 Å². The fourth-order valence-corrected chi connectivity index (χ4v) is 2.39. The molecule has 0 saturated heterocycles. The Morgan fingerprint density at radius 2 is 1.91 bits per heavy atom. The van der Waals surface area contributed by atoms with Crippen molar-refractivity contribution >= 4 is 39.8 Å². The first kappa shape index (κ1) is 21.4. The van der Waals surface area contributed by atoms with Gasteiger partial charge in [-0.1, -0.05) is 0 Å². The van der Waals surface area contributed by atoms with Gasteiger partial charge in [0.2, 0.25) is 5.91 Å². The molecule has 0 aromatic heterocycles. The minimum Gasteiger partial charge on any atom is -0.465 e. The van der Waals surface area contributed by atoms with E-state index in [9.17, 15) is 18.0 Å². The predicted molar refractivity (Wildman–Crippen MR) is 89.7 cm³/mol. The van der Waals surface area contributed by atoms with Gasteiger partial charge in [-0.3, -0.25) is 4.79 Å². The molecule has 9 heteroatoms. The van der Waals surface area contributed by atoms with Crippen molar-refractivity contribution in [1.29, 1.82) is 0 Å². The van der Waals surface area contributed by atoms with Crippen molar-refractivity contribution in [3.63, 3.8) is 0 Å². The molecule has 0 bridgehead atoms. The van der Waals surface area contributed by atoms with E-state index in [-0.39, 0.29) is 46.9 Å². The Labute approximate surface area is 141 Å². The number of methoxy groups -OCH3 is 1. The number of nitrogens with one attached hydrogen (secondary N) is 1. The monoisotopic (exact) mass is 364 g/mol. The summed E-state index contributed by atoms with van der Waals surface area (Å²) >= 11 is 0. The van der Waals surface area contributed by atoms with E-state index in [1.807, 2.05) is 0 Å². The molecule has 1 aromatic carbocycles. The van der Waals surface area contributed by atoms with Gasteiger partial charge < -0.3 is 15.8 Å². The number of hydrogen-bond acceptors (Lipinski definition) is 6. The number of benzene rings is 1. The lowest BCUT2D eigenvalue weighted by Gasteiger charge is -2.10. The Morgan fingerprint density at radius 1 is 1.30 bits per heavy atom. The van der Waals surface area contributed by atoms with Gasteiger partial charge in [0.15, 0.2) is 9.84 Å². The SMILES string of the molecule is COC(=O)c1cc(NC(=O)CCC(C)N)cc(S(C)(=O)=O)c1.Cl. The maximum Gasteiger partial charge on any atom is 0.337 e. The minimum absolute atomic E-state index is 0. The first-order valence-electron chi connectivity index (χ1n) is 6.62. The summed E-state index contributed by atoms with van der Waals surface area (Å²) in [4.78, 5) is 23.3. The van der Waals surface area contributed by atoms with Crippen LogP contribution in [0.4, 0.5) is 5.69 Å². The molecule has 1 amide bonds. The van der Waals surface area contributed by atoms with Gasteiger partial charge in [-0.25, -0.2) is 13.2 Å². The molecule has 0 aliphatic rings. The number of carbonyl (C=O) groups excluding carboxylic acids is 2. The second-order valence-corrected chi connectivity index (χ2v) is 7.09. The lowest BCUT2D eigenvalue weighted by atomic mass is 10.1. The number of halogens is 1. The summed E-state index contributed by atoms with van der Waals surface area (Å²) in [6, 6.07) is 3.76. The van der Waals surface area contributed by atoms with Gasteiger partial charge in [0.25, 0.3) is 0 Å². The average molecular weight is 365 g/mol. The number of rotatable bonds is 6. The number of sulfone groups is 1. The van der Waals surface area contributed by atoms with Crippen LogP contribution in [0, 0.1) is 0 Å². The first-order chi connectivity index (χ1) is 10.1. The van der Waals surface area contributed by atoms with Crippen LogP contribution in [-0.2, 0) is 19.4 Å². The van der Waals surface area contributed by atoms with Gasteiger partial charge in [-0.15, -0.1) is 12.4 Å². The molecular formula is C14H21ClN2O5S. The lowest BCUT2D eigenvalue weighted by molar-refractivity contribution is -0.116. The Kier molecular flexibility index (Phi) is 8.22. The molecule has 7 nitrogen and oxygen atoms in total. The van der Waals surface area contributed by atoms with Gasteiger partial charge in [-0.2, -0.15) is 0 Å². The molecule has 1 rings (SSSR count). The first-order valence-corrected chi connectivity index (χ1v) is 8.51. The summed E-state index contributed by atoms with van der Waals surface area (Å²) in [6.45, 7) is 1.78. The number of hydrogen-bond donors (Lipinski definition) is 2. The zero-order valence-corrected chi connectivity index (χ0v) is 14.8. The molecular weight excluding hydrogens is 344 g/mol. The maximum absolute atomic E-state index is 11.8. The van der Waals surface area contributed by atoms with Crippen LogP contribution in [0.15, 0.2) is 23.1 Å². The number of amides is 1. The van der Waals surface area contributed by atoms with Crippen LogP contribution in [0.3, 0.4) is 0 Å². The Hall–Kier alpha value is -1.64. The molecule has 23 heavy (non-hydrogen) atoms. The van der Waals surface area contributed by atoms with Crippen LogP contribution in [-0.4, -0.2) is 39.7 Å². The molecule has 0 saturated carbocycles. The van der Waals surface area contributed by atoms with Crippen molar-refractivity contribution < 1.29 is 22.7 Å². The number of esters is 1. The lowest BCUT2D eigenvalue weighted by Crippen LogP contribution is -2.19. The fourth-order valence-electron chi connectivity index (χ4n) is 1.70. The molecule has 0 radical (unpaired) electrons. The quantitative estimate of drug-likeness (QED) is 0.736. The topological polar surface area (TPSA) is 116 Å². The second kappa shape index (κ2) is 8.85. The predicted octanol–water partition coefficient (Wildman–Crippen LogP) is 1.36. The number of ether oxygens (including phenoxy) is 1. The van der Waals surface area contributed by atoms with Crippen LogP contribution < -0.4 is 11.1 Å². The van der Waals surface area contributed by atoms with Crippen LogP contribution in [0.2, 0.25) is 0 Å². The molecule has 1 aromatic rings. The third-order valence-electron chi connectivity index (χ3n) is 2.87. The van der Waals surface area contributed by atoms with Crippen molar-refractivity contribution in [2.24, 2.45) is 5.73 Å². The van der Waals surface area contributed by atoms with Gasteiger partial charge in [0.05, 0.1) is 17.6 Å². The summed E-state index contributed by atoms with van der Waals surface area (Å²) in [5.74, 6) is -0.990. The van der Waals surface area contributed by atoms with E-state index in [4.69, 9.17) is 5.73 Å². The largest absolute Gasteiger partial charge is 0.465 e. The van der Waals surface area contributed by atoms with Crippen LogP contribution in [0.25, 0.3) is 0 Å². The maximum atomic E-state index is 11.8.